The monoisotopic (exact) mass is 259 g/mol. The highest BCUT2D eigenvalue weighted by Gasteiger charge is 2.37. The number of rotatable bonds is 4. The second-order valence-electron chi connectivity index (χ2n) is 6.22. The highest BCUT2D eigenvalue weighted by atomic mass is 15.2. The lowest BCUT2D eigenvalue weighted by molar-refractivity contribution is 0.133. The Balaban J connectivity index is 1.48. The number of nitrogens with two attached hydrogens (primary N) is 1. The second kappa shape index (κ2) is 5.51. The van der Waals surface area contributed by atoms with Gasteiger partial charge >= 0.3 is 0 Å². The minimum atomic E-state index is 0.840. The number of anilines is 1. The maximum atomic E-state index is 5.97. The van der Waals surface area contributed by atoms with Gasteiger partial charge in [0.1, 0.15) is 0 Å². The van der Waals surface area contributed by atoms with Crippen LogP contribution in [0, 0.1) is 5.92 Å². The molecule has 2 bridgehead atoms. The Bertz CT molecular complexity index is 418. The number of hydrogen-bond donors (Lipinski definition) is 2. The first-order chi connectivity index (χ1) is 9.24. The van der Waals surface area contributed by atoms with Crippen molar-refractivity contribution in [1.29, 1.82) is 0 Å². The third-order valence-corrected chi connectivity index (χ3v) is 5.00. The van der Waals surface area contributed by atoms with Crippen molar-refractivity contribution in [3.63, 3.8) is 0 Å². The molecule has 3 N–H and O–H groups in total. The zero-order chi connectivity index (χ0) is 13.2. The van der Waals surface area contributed by atoms with Crippen LogP contribution >= 0.6 is 0 Å². The van der Waals surface area contributed by atoms with E-state index in [9.17, 15) is 0 Å². The van der Waals surface area contributed by atoms with Crippen LogP contribution in [0.15, 0.2) is 24.3 Å². The van der Waals surface area contributed by atoms with Gasteiger partial charge in [0.05, 0.1) is 0 Å². The molecule has 0 amide bonds. The van der Waals surface area contributed by atoms with Crippen molar-refractivity contribution in [1.82, 2.24) is 10.2 Å². The minimum Gasteiger partial charge on any atom is -0.398 e. The lowest BCUT2D eigenvalue weighted by atomic mass is 9.91. The molecule has 104 valence electrons. The lowest BCUT2D eigenvalue weighted by Gasteiger charge is -2.36. The van der Waals surface area contributed by atoms with Gasteiger partial charge in [0.15, 0.2) is 0 Å². The van der Waals surface area contributed by atoms with E-state index in [1.807, 2.05) is 12.1 Å². The predicted molar refractivity (Wildman–Crippen MR) is 79.9 cm³/mol. The topological polar surface area (TPSA) is 41.3 Å². The molecule has 2 saturated heterocycles. The van der Waals surface area contributed by atoms with Gasteiger partial charge in [0.25, 0.3) is 0 Å². The first-order valence-electron chi connectivity index (χ1n) is 7.50. The van der Waals surface area contributed by atoms with Crippen LogP contribution < -0.4 is 11.1 Å². The van der Waals surface area contributed by atoms with E-state index in [0.717, 1.165) is 36.8 Å². The summed E-state index contributed by atoms with van der Waals surface area (Å²) in [6, 6.07) is 9.82. The van der Waals surface area contributed by atoms with Gasteiger partial charge in [0.2, 0.25) is 0 Å². The van der Waals surface area contributed by atoms with E-state index in [2.05, 4.69) is 29.4 Å². The summed E-state index contributed by atoms with van der Waals surface area (Å²) >= 11 is 0. The SMILES string of the molecule is CN1C2CCC1CC(CNCc1ccccc1N)C2. The second-order valence-corrected chi connectivity index (χ2v) is 6.22. The molecule has 2 unspecified atom stereocenters. The Morgan fingerprint density at radius 1 is 1.21 bits per heavy atom. The van der Waals surface area contributed by atoms with Gasteiger partial charge in [-0.3, -0.25) is 0 Å². The van der Waals surface area contributed by atoms with Gasteiger partial charge in [-0.1, -0.05) is 18.2 Å². The first kappa shape index (κ1) is 12.9. The van der Waals surface area contributed by atoms with E-state index < -0.39 is 0 Å². The molecule has 19 heavy (non-hydrogen) atoms. The summed E-state index contributed by atoms with van der Waals surface area (Å²) in [7, 11) is 2.30. The van der Waals surface area contributed by atoms with Gasteiger partial charge < -0.3 is 16.0 Å². The predicted octanol–water partition coefficient (Wildman–Crippen LogP) is 2.23. The third kappa shape index (κ3) is 2.77. The van der Waals surface area contributed by atoms with Gasteiger partial charge in [-0.2, -0.15) is 0 Å². The van der Waals surface area contributed by atoms with Crippen LogP contribution in [0.2, 0.25) is 0 Å². The number of fused-ring (bicyclic) bond motifs is 2. The normalized spacial score (nSPS) is 30.7. The van der Waals surface area contributed by atoms with Crippen LogP contribution in [0.4, 0.5) is 5.69 Å². The molecule has 2 atom stereocenters. The average Bonchev–Trinajstić information content (AvgIpc) is 2.64. The molecule has 0 aromatic heterocycles. The number of benzene rings is 1. The van der Waals surface area contributed by atoms with E-state index in [1.165, 1.54) is 31.2 Å². The molecule has 0 radical (unpaired) electrons. The van der Waals surface area contributed by atoms with Gasteiger partial charge in [-0.15, -0.1) is 0 Å². The molecule has 2 aliphatic rings. The standard InChI is InChI=1S/C16H25N3/c1-19-14-6-7-15(19)9-12(8-14)10-18-11-13-4-2-3-5-16(13)17/h2-5,12,14-15,18H,6-11,17H2,1H3. The highest BCUT2D eigenvalue weighted by Crippen LogP contribution is 2.37. The van der Waals surface area contributed by atoms with E-state index in [0.29, 0.717) is 0 Å². The molecule has 0 aliphatic carbocycles. The molecule has 2 fully saturated rings. The molecule has 1 aromatic rings. The fraction of sp³-hybridized carbons (Fsp3) is 0.625. The molecule has 3 rings (SSSR count). The summed E-state index contributed by atoms with van der Waals surface area (Å²) in [6.07, 6.45) is 5.54. The average molecular weight is 259 g/mol. The minimum absolute atomic E-state index is 0.840. The molecular formula is C16H25N3. The molecule has 2 heterocycles. The molecule has 1 aromatic carbocycles. The zero-order valence-electron chi connectivity index (χ0n) is 11.8. The van der Waals surface area contributed by atoms with Crippen molar-refractivity contribution in [2.24, 2.45) is 5.92 Å². The van der Waals surface area contributed by atoms with Crippen LogP contribution in [-0.4, -0.2) is 30.6 Å². The van der Waals surface area contributed by atoms with Gasteiger partial charge in [-0.05, 0) is 56.8 Å². The number of piperidine rings is 1. The molecular weight excluding hydrogens is 234 g/mol. The summed E-state index contributed by atoms with van der Waals surface area (Å²) in [4.78, 5) is 2.60. The maximum Gasteiger partial charge on any atom is 0.0359 e. The molecule has 3 nitrogen and oxygen atoms in total. The zero-order valence-corrected chi connectivity index (χ0v) is 11.8. The van der Waals surface area contributed by atoms with Crippen molar-refractivity contribution in [2.45, 2.75) is 44.3 Å². The van der Waals surface area contributed by atoms with Crippen LogP contribution in [0.25, 0.3) is 0 Å². The van der Waals surface area contributed by atoms with Gasteiger partial charge in [-0.25, -0.2) is 0 Å². The smallest absolute Gasteiger partial charge is 0.0359 e. The van der Waals surface area contributed by atoms with Crippen LogP contribution in [0.1, 0.15) is 31.2 Å². The largest absolute Gasteiger partial charge is 0.398 e. The van der Waals surface area contributed by atoms with Crippen LogP contribution in [0.3, 0.4) is 0 Å². The quantitative estimate of drug-likeness (QED) is 0.815. The fourth-order valence-electron chi connectivity index (χ4n) is 3.80. The molecule has 2 aliphatic heterocycles. The van der Waals surface area contributed by atoms with E-state index >= 15 is 0 Å². The van der Waals surface area contributed by atoms with Crippen molar-refractivity contribution in [3.8, 4) is 0 Å². The Morgan fingerprint density at radius 2 is 1.89 bits per heavy atom. The summed E-state index contributed by atoms with van der Waals surface area (Å²) in [5.41, 5.74) is 8.09. The Kier molecular flexibility index (Phi) is 3.76. The van der Waals surface area contributed by atoms with Crippen molar-refractivity contribution >= 4 is 5.69 Å². The van der Waals surface area contributed by atoms with E-state index in [4.69, 9.17) is 5.73 Å². The Hall–Kier alpha value is -1.06. The molecule has 0 saturated carbocycles. The number of nitrogens with zero attached hydrogens (tertiary/aromatic N) is 1. The summed E-state index contributed by atoms with van der Waals surface area (Å²) in [6.45, 7) is 2.03. The number of nitrogen functional groups attached to an aromatic ring is 1. The fourth-order valence-corrected chi connectivity index (χ4v) is 3.80. The Morgan fingerprint density at radius 3 is 2.58 bits per heavy atom. The van der Waals surface area contributed by atoms with Gasteiger partial charge in [0, 0.05) is 24.3 Å². The van der Waals surface area contributed by atoms with Crippen LogP contribution in [-0.2, 0) is 6.54 Å². The van der Waals surface area contributed by atoms with Crippen LogP contribution in [0.5, 0.6) is 0 Å². The number of hydrogen-bond acceptors (Lipinski definition) is 3. The third-order valence-electron chi connectivity index (χ3n) is 5.00. The lowest BCUT2D eigenvalue weighted by Crippen LogP contribution is -2.42. The van der Waals surface area contributed by atoms with Crippen molar-refractivity contribution in [2.75, 3.05) is 19.3 Å². The maximum absolute atomic E-state index is 5.97. The van der Waals surface area contributed by atoms with E-state index in [1.54, 1.807) is 0 Å². The van der Waals surface area contributed by atoms with E-state index in [-0.39, 0.29) is 0 Å². The summed E-state index contributed by atoms with van der Waals surface area (Å²) < 4.78 is 0. The number of nitrogens with one attached hydrogen (secondary N) is 1. The first-order valence-corrected chi connectivity index (χ1v) is 7.50. The molecule has 0 spiro atoms. The van der Waals surface area contributed by atoms with Crippen molar-refractivity contribution in [3.05, 3.63) is 29.8 Å². The Labute approximate surface area is 116 Å². The summed E-state index contributed by atoms with van der Waals surface area (Å²) in [5, 5.41) is 3.60. The molecule has 3 heteroatoms. The number of para-hydroxylation sites is 1. The van der Waals surface area contributed by atoms with Crippen molar-refractivity contribution < 1.29 is 0 Å². The summed E-state index contributed by atoms with van der Waals surface area (Å²) in [5.74, 6) is 0.846. The highest BCUT2D eigenvalue weighted by molar-refractivity contribution is 5.46.